The molecule has 1 heterocycles. The molecule has 27 heavy (non-hydrogen) atoms. The van der Waals surface area contributed by atoms with E-state index in [1.54, 1.807) is 26.4 Å². The second-order valence-corrected chi connectivity index (χ2v) is 7.50. The predicted octanol–water partition coefficient (Wildman–Crippen LogP) is 2.79. The molecule has 1 atom stereocenters. The van der Waals surface area contributed by atoms with Gasteiger partial charge in [0.05, 0.1) is 20.6 Å². The first-order chi connectivity index (χ1) is 12.9. The average Bonchev–Trinajstić information content (AvgIpc) is 2.67. The van der Waals surface area contributed by atoms with Crippen LogP contribution in [0.15, 0.2) is 18.2 Å². The third kappa shape index (κ3) is 6.15. The Labute approximate surface area is 162 Å². The van der Waals surface area contributed by atoms with E-state index in [1.165, 1.54) is 6.42 Å². The van der Waals surface area contributed by atoms with Gasteiger partial charge in [-0.3, -0.25) is 9.59 Å². The summed E-state index contributed by atoms with van der Waals surface area (Å²) in [5.74, 6) is 1.43. The van der Waals surface area contributed by atoms with Crippen molar-refractivity contribution in [3.8, 4) is 11.5 Å². The van der Waals surface area contributed by atoms with Crippen molar-refractivity contribution in [2.75, 3.05) is 27.3 Å². The van der Waals surface area contributed by atoms with E-state index >= 15 is 0 Å². The highest BCUT2D eigenvalue weighted by atomic mass is 16.5. The van der Waals surface area contributed by atoms with E-state index in [2.05, 4.69) is 19.2 Å². The van der Waals surface area contributed by atoms with Crippen molar-refractivity contribution in [3.63, 3.8) is 0 Å². The van der Waals surface area contributed by atoms with Crippen molar-refractivity contribution >= 4 is 11.8 Å². The number of rotatable bonds is 8. The Morgan fingerprint density at radius 2 is 1.74 bits per heavy atom. The molecule has 1 N–H and O–H groups in total. The zero-order valence-electron chi connectivity index (χ0n) is 16.9. The quantitative estimate of drug-likeness (QED) is 0.758. The minimum Gasteiger partial charge on any atom is -0.493 e. The number of ether oxygens (including phenoxy) is 2. The fourth-order valence-corrected chi connectivity index (χ4v) is 3.45. The van der Waals surface area contributed by atoms with Gasteiger partial charge < -0.3 is 19.7 Å². The van der Waals surface area contributed by atoms with Gasteiger partial charge in [0.2, 0.25) is 11.8 Å². The van der Waals surface area contributed by atoms with Crippen LogP contribution in [0.25, 0.3) is 0 Å². The summed E-state index contributed by atoms with van der Waals surface area (Å²) in [6.45, 7) is 5.71. The largest absolute Gasteiger partial charge is 0.493 e. The van der Waals surface area contributed by atoms with Crippen LogP contribution >= 0.6 is 0 Å². The van der Waals surface area contributed by atoms with Gasteiger partial charge >= 0.3 is 0 Å². The van der Waals surface area contributed by atoms with Gasteiger partial charge in [0.15, 0.2) is 11.5 Å². The molecule has 1 aliphatic heterocycles. The van der Waals surface area contributed by atoms with E-state index < -0.39 is 6.04 Å². The number of piperidine rings is 1. The molecule has 0 saturated carbocycles. The van der Waals surface area contributed by atoms with Crippen molar-refractivity contribution in [1.82, 2.24) is 10.2 Å². The second kappa shape index (κ2) is 10.2. The number of carbonyl (C=O) groups excluding carboxylic acids is 2. The Bertz CT molecular complexity index is 639. The fourth-order valence-electron chi connectivity index (χ4n) is 3.45. The maximum atomic E-state index is 12.9. The Hall–Kier alpha value is -2.24. The fraction of sp³-hybridized carbons (Fsp3) is 0.619. The summed E-state index contributed by atoms with van der Waals surface area (Å²) < 4.78 is 10.5. The topological polar surface area (TPSA) is 67.9 Å². The number of nitrogens with one attached hydrogen (secondary N) is 1. The molecule has 1 saturated heterocycles. The molecule has 2 rings (SSSR count). The van der Waals surface area contributed by atoms with E-state index in [4.69, 9.17) is 9.47 Å². The van der Waals surface area contributed by atoms with Gasteiger partial charge in [-0.25, -0.2) is 0 Å². The van der Waals surface area contributed by atoms with Gasteiger partial charge in [-0.2, -0.15) is 0 Å². The van der Waals surface area contributed by atoms with E-state index in [9.17, 15) is 9.59 Å². The molecule has 2 amide bonds. The maximum absolute atomic E-state index is 12.9. The molecule has 150 valence electrons. The van der Waals surface area contributed by atoms with E-state index in [-0.39, 0.29) is 18.2 Å². The Morgan fingerprint density at radius 1 is 1.07 bits per heavy atom. The highest BCUT2D eigenvalue weighted by molar-refractivity contribution is 5.88. The smallest absolute Gasteiger partial charge is 0.245 e. The van der Waals surface area contributed by atoms with Crippen molar-refractivity contribution in [3.05, 3.63) is 23.8 Å². The SMILES string of the molecule is COc1ccc(CC(=O)N[C@H](CC(C)C)C(=O)N2CCCCC2)cc1OC. The average molecular weight is 376 g/mol. The van der Waals surface area contributed by atoms with E-state index in [0.717, 1.165) is 31.5 Å². The third-order valence-electron chi connectivity index (χ3n) is 4.82. The lowest BCUT2D eigenvalue weighted by Crippen LogP contribution is -2.50. The first kappa shape index (κ1) is 21.1. The Kier molecular flexibility index (Phi) is 7.95. The van der Waals surface area contributed by atoms with Crippen molar-refractivity contribution in [2.24, 2.45) is 5.92 Å². The molecule has 0 aromatic heterocycles. The molecule has 0 bridgehead atoms. The van der Waals surface area contributed by atoms with Crippen molar-refractivity contribution in [2.45, 2.75) is 52.0 Å². The summed E-state index contributed by atoms with van der Waals surface area (Å²) in [7, 11) is 3.14. The highest BCUT2D eigenvalue weighted by Gasteiger charge is 2.27. The maximum Gasteiger partial charge on any atom is 0.245 e. The second-order valence-electron chi connectivity index (χ2n) is 7.50. The molecule has 0 aliphatic carbocycles. The van der Waals surface area contributed by atoms with Gasteiger partial charge in [0.25, 0.3) is 0 Å². The number of benzene rings is 1. The molecule has 0 radical (unpaired) electrons. The summed E-state index contributed by atoms with van der Waals surface area (Å²) in [6.07, 6.45) is 4.10. The van der Waals surface area contributed by atoms with Crippen LogP contribution in [0, 0.1) is 5.92 Å². The number of methoxy groups -OCH3 is 2. The molecule has 1 aromatic carbocycles. The van der Waals surface area contributed by atoms with Crippen LogP contribution in [0.3, 0.4) is 0 Å². The summed E-state index contributed by atoms with van der Waals surface area (Å²) >= 11 is 0. The van der Waals surface area contributed by atoms with Crippen LogP contribution in [0.5, 0.6) is 11.5 Å². The Morgan fingerprint density at radius 3 is 2.33 bits per heavy atom. The molecule has 6 heteroatoms. The zero-order valence-corrected chi connectivity index (χ0v) is 16.9. The lowest BCUT2D eigenvalue weighted by molar-refractivity contribution is -0.137. The van der Waals surface area contributed by atoms with Gasteiger partial charge in [-0.05, 0) is 49.3 Å². The lowest BCUT2D eigenvalue weighted by Gasteiger charge is -2.31. The summed E-state index contributed by atoms with van der Waals surface area (Å²) in [5.41, 5.74) is 0.818. The van der Waals surface area contributed by atoms with Crippen LogP contribution in [-0.2, 0) is 16.0 Å². The van der Waals surface area contributed by atoms with E-state index in [0.29, 0.717) is 23.8 Å². The van der Waals surface area contributed by atoms with Crippen molar-refractivity contribution in [1.29, 1.82) is 0 Å². The number of hydrogen-bond acceptors (Lipinski definition) is 4. The normalized spacial score (nSPS) is 15.4. The third-order valence-corrected chi connectivity index (χ3v) is 4.82. The minimum absolute atomic E-state index is 0.0454. The van der Waals surface area contributed by atoms with Gasteiger partial charge in [0, 0.05) is 13.1 Å². The predicted molar refractivity (Wildman–Crippen MR) is 105 cm³/mol. The van der Waals surface area contributed by atoms with Crippen LogP contribution < -0.4 is 14.8 Å². The summed E-state index contributed by atoms with van der Waals surface area (Å²) in [5, 5.41) is 2.96. The van der Waals surface area contributed by atoms with Crippen LogP contribution in [0.1, 0.15) is 45.1 Å². The van der Waals surface area contributed by atoms with Crippen LogP contribution in [-0.4, -0.2) is 50.1 Å². The molecule has 6 nitrogen and oxygen atoms in total. The molecular formula is C21H32N2O4. The molecule has 1 aromatic rings. The van der Waals surface area contributed by atoms with Gasteiger partial charge in [-0.15, -0.1) is 0 Å². The van der Waals surface area contributed by atoms with Crippen molar-refractivity contribution < 1.29 is 19.1 Å². The number of carbonyl (C=O) groups is 2. The first-order valence-electron chi connectivity index (χ1n) is 9.73. The molecule has 1 fully saturated rings. The number of likely N-dealkylation sites (tertiary alicyclic amines) is 1. The summed E-state index contributed by atoms with van der Waals surface area (Å²) in [6, 6.07) is 4.95. The number of amides is 2. The lowest BCUT2D eigenvalue weighted by atomic mass is 10.0. The molecular weight excluding hydrogens is 344 g/mol. The molecule has 0 unspecified atom stereocenters. The first-order valence-corrected chi connectivity index (χ1v) is 9.73. The van der Waals surface area contributed by atoms with Gasteiger partial charge in [0.1, 0.15) is 6.04 Å². The zero-order chi connectivity index (χ0) is 19.8. The monoisotopic (exact) mass is 376 g/mol. The molecule has 1 aliphatic rings. The van der Waals surface area contributed by atoms with Gasteiger partial charge in [-0.1, -0.05) is 19.9 Å². The molecule has 0 spiro atoms. The number of nitrogens with zero attached hydrogens (tertiary/aromatic N) is 1. The summed E-state index contributed by atoms with van der Waals surface area (Å²) in [4.78, 5) is 27.4. The number of hydrogen-bond donors (Lipinski definition) is 1. The Balaban J connectivity index is 2.03. The van der Waals surface area contributed by atoms with Crippen LogP contribution in [0.2, 0.25) is 0 Å². The minimum atomic E-state index is -0.462. The highest BCUT2D eigenvalue weighted by Crippen LogP contribution is 2.27. The van der Waals surface area contributed by atoms with E-state index in [1.807, 2.05) is 11.0 Å². The van der Waals surface area contributed by atoms with Crippen LogP contribution in [0.4, 0.5) is 0 Å². The standard InChI is InChI=1S/C21H32N2O4/c1-15(2)12-17(21(25)23-10-6-5-7-11-23)22-20(24)14-16-8-9-18(26-3)19(13-16)27-4/h8-9,13,15,17H,5-7,10-12,14H2,1-4H3,(H,22,24)/t17-/m1/s1.